The van der Waals surface area contributed by atoms with Crippen molar-refractivity contribution in [3.8, 4) is 0 Å². The number of nitrogens with one attached hydrogen (secondary N) is 1. The second-order valence-corrected chi connectivity index (χ2v) is 6.41. The van der Waals surface area contributed by atoms with Crippen LogP contribution in [0.1, 0.15) is 52.4 Å². The predicted octanol–water partition coefficient (Wildman–Crippen LogP) is 2.48. The van der Waals surface area contributed by atoms with Crippen molar-refractivity contribution in [1.29, 1.82) is 0 Å². The van der Waals surface area contributed by atoms with E-state index < -0.39 is 17.9 Å². The minimum atomic E-state index is -1.02. The predicted molar refractivity (Wildman–Crippen MR) is 92.4 cm³/mol. The Labute approximate surface area is 146 Å². The Morgan fingerprint density at radius 1 is 1.36 bits per heavy atom. The number of amides is 1. The van der Waals surface area contributed by atoms with Crippen LogP contribution in [0.15, 0.2) is 36.8 Å². The molecule has 0 radical (unpaired) electrons. The van der Waals surface area contributed by atoms with E-state index in [9.17, 15) is 14.7 Å². The second kappa shape index (κ2) is 7.42. The number of nitrogens with zero attached hydrogens (tertiary/aromatic N) is 2. The maximum atomic E-state index is 12.4. The number of carbonyl (C=O) groups is 2. The standard InChI is InChI=1S/C19H21N3O3/c1-12-16(10-20-11-21-12)18(23)22-17(19(24)25)9-14-7-4-6-13-5-2-3-8-15(13)14/h2-3,5,8,10-11,14,17H,4,6-7,9H2,1H3,(H,22,23)(H,24,25). The minimum Gasteiger partial charge on any atom is -0.480 e. The SMILES string of the molecule is Cc1ncncc1C(=O)NC(CC1CCCc2ccccc21)C(=O)O. The molecule has 2 N–H and O–H groups in total. The molecule has 2 atom stereocenters. The molecule has 0 saturated heterocycles. The molecule has 0 spiro atoms. The molecule has 0 bridgehead atoms. The summed E-state index contributed by atoms with van der Waals surface area (Å²) in [4.78, 5) is 31.9. The normalized spacial score (nSPS) is 17.4. The number of aryl methyl sites for hydroxylation is 2. The van der Waals surface area contributed by atoms with Gasteiger partial charge in [-0.15, -0.1) is 0 Å². The lowest BCUT2D eigenvalue weighted by Gasteiger charge is -2.28. The Morgan fingerprint density at radius 2 is 2.16 bits per heavy atom. The van der Waals surface area contributed by atoms with Gasteiger partial charge in [-0.05, 0) is 49.7 Å². The maximum Gasteiger partial charge on any atom is 0.326 e. The lowest BCUT2D eigenvalue weighted by Crippen LogP contribution is -2.42. The van der Waals surface area contributed by atoms with E-state index in [1.54, 1.807) is 6.92 Å². The van der Waals surface area contributed by atoms with Gasteiger partial charge in [0.15, 0.2) is 0 Å². The van der Waals surface area contributed by atoms with Crippen LogP contribution in [0.2, 0.25) is 0 Å². The smallest absolute Gasteiger partial charge is 0.326 e. The van der Waals surface area contributed by atoms with Gasteiger partial charge in [-0.2, -0.15) is 0 Å². The van der Waals surface area contributed by atoms with Gasteiger partial charge in [0.1, 0.15) is 12.4 Å². The number of benzene rings is 1. The van der Waals surface area contributed by atoms with E-state index in [1.807, 2.05) is 12.1 Å². The van der Waals surface area contributed by atoms with E-state index in [0.717, 1.165) is 19.3 Å². The van der Waals surface area contributed by atoms with Crippen molar-refractivity contribution in [3.63, 3.8) is 0 Å². The van der Waals surface area contributed by atoms with Gasteiger partial charge in [-0.3, -0.25) is 4.79 Å². The van der Waals surface area contributed by atoms with Crippen molar-refractivity contribution in [1.82, 2.24) is 15.3 Å². The molecule has 1 amide bonds. The summed E-state index contributed by atoms with van der Waals surface area (Å²) in [5.41, 5.74) is 3.31. The van der Waals surface area contributed by atoms with Crippen LogP contribution in [0.3, 0.4) is 0 Å². The molecule has 2 unspecified atom stereocenters. The average molecular weight is 339 g/mol. The van der Waals surface area contributed by atoms with Crippen LogP contribution >= 0.6 is 0 Å². The van der Waals surface area contributed by atoms with E-state index >= 15 is 0 Å². The van der Waals surface area contributed by atoms with E-state index in [-0.39, 0.29) is 5.92 Å². The van der Waals surface area contributed by atoms with Crippen LogP contribution in [-0.4, -0.2) is 33.0 Å². The van der Waals surface area contributed by atoms with E-state index in [0.29, 0.717) is 17.7 Å². The minimum absolute atomic E-state index is 0.138. The maximum absolute atomic E-state index is 12.4. The van der Waals surface area contributed by atoms with Crippen LogP contribution in [0.25, 0.3) is 0 Å². The quantitative estimate of drug-likeness (QED) is 0.873. The van der Waals surface area contributed by atoms with Crippen molar-refractivity contribution in [2.75, 3.05) is 0 Å². The molecule has 1 aliphatic carbocycles. The third kappa shape index (κ3) is 3.84. The first-order chi connectivity index (χ1) is 12.1. The Hall–Kier alpha value is -2.76. The van der Waals surface area contributed by atoms with Gasteiger partial charge in [-0.1, -0.05) is 24.3 Å². The lowest BCUT2D eigenvalue weighted by molar-refractivity contribution is -0.139. The fourth-order valence-electron chi connectivity index (χ4n) is 3.46. The summed E-state index contributed by atoms with van der Waals surface area (Å²) in [6, 6.07) is 7.21. The number of fused-ring (bicyclic) bond motifs is 1. The van der Waals surface area contributed by atoms with Gasteiger partial charge in [0.2, 0.25) is 0 Å². The molecule has 1 aliphatic rings. The number of aliphatic carboxylic acids is 1. The molecule has 1 aromatic heterocycles. The molecule has 3 rings (SSSR count). The number of carboxylic acid groups (broad SMARTS) is 1. The van der Waals surface area contributed by atoms with Crippen LogP contribution in [0.5, 0.6) is 0 Å². The van der Waals surface area contributed by atoms with Crippen molar-refractivity contribution >= 4 is 11.9 Å². The number of aromatic nitrogens is 2. The fraction of sp³-hybridized carbons (Fsp3) is 0.368. The van der Waals surface area contributed by atoms with Gasteiger partial charge in [0.05, 0.1) is 11.3 Å². The fourth-order valence-corrected chi connectivity index (χ4v) is 3.46. The Bertz CT molecular complexity index is 791. The Morgan fingerprint density at radius 3 is 2.92 bits per heavy atom. The number of carbonyl (C=O) groups excluding carboxylic acids is 1. The van der Waals surface area contributed by atoms with Crippen molar-refractivity contribution in [2.24, 2.45) is 0 Å². The van der Waals surface area contributed by atoms with Crippen molar-refractivity contribution < 1.29 is 14.7 Å². The van der Waals surface area contributed by atoms with Crippen molar-refractivity contribution in [3.05, 3.63) is 59.2 Å². The summed E-state index contributed by atoms with van der Waals surface area (Å²) in [5.74, 6) is -1.33. The summed E-state index contributed by atoms with van der Waals surface area (Å²) < 4.78 is 0. The van der Waals surface area contributed by atoms with E-state index in [2.05, 4.69) is 27.4 Å². The van der Waals surface area contributed by atoms with Crippen LogP contribution in [0, 0.1) is 6.92 Å². The van der Waals surface area contributed by atoms with E-state index in [1.165, 1.54) is 23.7 Å². The van der Waals surface area contributed by atoms with Gasteiger partial charge in [0, 0.05) is 6.20 Å². The number of carboxylic acids is 1. The highest BCUT2D eigenvalue weighted by atomic mass is 16.4. The zero-order chi connectivity index (χ0) is 17.8. The third-order valence-corrected chi connectivity index (χ3v) is 4.77. The van der Waals surface area contributed by atoms with Crippen molar-refractivity contribution in [2.45, 2.75) is 44.6 Å². The molecule has 130 valence electrons. The first-order valence-electron chi connectivity index (χ1n) is 8.44. The number of hydrogen-bond acceptors (Lipinski definition) is 4. The lowest BCUT2D eigenvalue weighted by atomic mass is 9.79. The molecule has 6 heteroatoms. The molecule has 1 heterocycles. The van der Waals surface area contributed by atoms with Crippen LogP contribution < -0.4 is 5.32 Å². The first kappa shape index (κ1) is 17.1. The summed E-state index contributed by atoms with van der Waals surface area (Å²) in [7, 11) is 0. The largest absolute Gasteiger partial charge is 0.480 e. The van der Waals surface area contributed by atoms with Crippen LogP contribution in [0.4, 0.5) is 0 Å². The molecule has 1 aromatic carbocycles. The van der Waals surface area contributed by atoms with Crippen LogP contribution in [-0.2, 0) is 11.2 Å². The molecular weight excluding hydrogens is 318 g/mol. The molecule has 0 saturated carbocycles. The third-order valence-electron chi connectivity index (χ3n) is 4.77. The molecule has 0 fully saturated rings. The Kier molecular flexibility index (Phi) is 5.07. The molecule has 0 aliphatic heterocycles. The van der Waals surface area contributed by atoms with Gasteiger partial charge in [0.25, 0.3) is 5.91 Å². The first-order valence-corrected chi connectivity index (χ1v) is 8.44. The van der Waals surface area contributed by atoms with E-state index in [4.69, 9.17) is 0 Å². The monoisotopic (exact) mass is 339 g/mol. The summed E-state index contributed by atoms with van der Waals surface area (Å²) in [6.07, 6.45) is 6.14. The summed E-state index contributed by atoms with van der Waals surface area (Å²) in [6.45, 7) is 1.70. The number of hydrogen-bond donors (Lipinski definition) is 2. The van der Waals surface area contributed by atoms with Gasteiger partial charge in [-0.25, -0.2) is 14.8 Å². The molecular formula is C19H21N3O3. The second-order valence-electron chi connectivity index (χ2n) is 6.41. The summed E-state index contributed by atoms with van der Waals surface area (Å²) >= 11 is 0. The zero-order valence-corrected chi connectivity index (χ0v) is 14.1. The van der Waals surface area contributed by atoms with Gasteiger partial charge < -0.3 is 10.4 Å². The molecule has 25 heavy (non-hydrogen) atoms. The summed E-state index contributed by atoms with van der Waals surface area (Å²) in [5, 5.41) is 12.2. The Balaban J connectivity index is 1.76. The average Bonchev–Trinajstić information content (AvgIpc) is 2.61. The highest BCUT2D eigenvalue weighted by Gasteiger charge is 2.28. The van der Waals surface area contributed by atoms with Gasteiger partial charge >= 0.3 is 5.97 Å². The number of rotatable bonds is 5. The zero-order valence-electron chi connectivity index (χ0n) is 14.1. The topological polar surface area (TPSA) is 92.2 Å². The molecule has 6 nitrogen and oxygen atoms in total. The molecule has 2 aromatic rings. The highest BCUT2D eigenvalue weighted by Crippen LogP contribution is 2.34. The highest BCUT2D eigenvalue weighted by molar-refractivity contribution is 5.97.